The number of piperidine rings is 2. The molecule has 14 heavy (non-hydrogen) atoms. The lowest BCUT2D eigenvalue weighted by atomic mass is 9.88. The normalized spacial score (nSPS) is 32.6. The van der Waals surface area contributed by atoms with Gasteiger partial charge in [0.15, 0.2) is 0 Å². The predicted octanol–water partition coefficient (Wildman–Crippen LogP) is 1.00. The van der Waals surface area contributed by atoms with Crippen LogP contribution in [-0.2, 0) is 9.59 Å². The van der Waals surface area contributed by atoms with Crippen LogP contribution < -0.4 is 0 Å². The highest BCUT2D eigenvalue weighted by atomic mass is 16.4. The summed E-state index contributed by atoms with van der Waals surface area (Å²) in [7, 11) is 0. The summed E-state index contributed by atoms with van der Waals surface area (Å²) in [4.78, 5) is 24.2. The zero-order valence-electron chi connectivity index (χ0n) is 8.11. The molecule has 2 aliphatic heterocycles. The van der Waals surface area contributed by atoms with Crippen LogP contribution in [0.25, 0.3) is 0 Å². The molecule has 78 valence electrons. The first-order valence-electron chi connectivity index (χ1n) is 5.24. The second kappa shape index (κ2) is 3.59. The molecule has 2 saturated heterocycles. The van der Waals surface area contributed by atoms with Crippen LogP contribution in [0, 0.1) is 0 Å². The maximum atomic E-state index is 11.6. The van der Waals surface area contributed by atoms with Crippen molar-refractivity contribution >= 4 is 11.9 Å². The number of carboxylic acids is 1. The number of aliphatic carboxylic acids is 1. The molecule has 0 aromatic rings. The number of amides is 1. The van der Waals surface area contributed by atoms with Gasteiger partial charge in [-0.2, -0.15) is 0 Å². The van der Waals surface area contributed by atoms with Crippen LogP contribution in [-0.4, -0.2) is 34.0 Å². The first-order chi connectivity index (χ1) is 6.70. The maximum absolute atomic E-state index is 11.6. The lowest BCUT2D eigenvalue weighted by Gasteiger charge is -2.43. The van der Waals surface area contributed by atoms with E-state index in [1.165, 1.54) is 0 Å². The lowest BCUT2D eigenvalue weighted by molar-refractivity contribution is -0.157. The highest BCUT2D eigenvalue weighted by Gasteiger charge is 2.39. The minimum Gasteiger partial charge on any atom is -0.480 e. The zero-order chi connectivity index (χ0) is 10.1. The van der Waals surface area contributed by atoms with Gasteiger partial charge in [0.05, 0.1) is 0 Å². The van der Waals surface area contributed by atoms with E-state index in [0.29, 0.717) is 12.8 Å². The van der Waals surface area contributed by atoms with Crippen molar-refractivity contribution in [1.29, 1.82) is 0 Å². The van der Waals surface area contributed by atoms with Gasteiger partial charge in [0.1, 0.15) is 6.04 Å². The molecule has 0 spiro atoms. The molecular formula is C10H15NO3. The molecule has 0 radical (unpaired) electrons. The Balaban J connectivity index is 2.18. The molecule has 0 saturated carbocycles. The van der Waals surface area contributed by atoms with Gasteiger partial charge in [-0.05, 0) is 32.1 Å². The van der Waals surface area contributed by atoms with Gasteiger partial charge >= 0.3 is 5.97 Å². The van der Waals surface area contributed by atoms with Crippen LogP contribution in [0.2, 0.25) is 0 Å². The van der Waals surface area contributed by atoms with Gasteiger partial charge in [-0.15, -0.1) is 0 Å². The van der Waals surface area contributed by atoms with Crippen molar-refractivity contribution in [2.75, 3.05) is 0 Å². The fourth-order valence-electron chi connectivity index (χ4n) is 2.60. The summed E-state index contributed by atoms with van der Waals surface area (Å²) >= 11 is 0. The van der Waals surface area contributed by atoms with E-state index in [0.717, 1.165) is 25.7 Å². The number of nitrogens with zero attached hydrogens (tertiary/aromatic N) is 1. The molecule has 0 bridgehead atoms. The van der Waals surface area contributed by atoms with Crippen LogP contribution in [0.3, 0.4) is 0 Å². The van der Waals surface area contributed by atoms with Crippen LogP contribution in [0.4, 0.5) is 0 Å². The number of hydrogen-bond donors (Lipinski definition) is 1. The summed E-state index contributed by atoms with van der Waals surface area (Å²) < 4.78 is 0. The second-order valence-corrected chi connectivity index (χ2v) is 4.13. The number of carbonyl (C=O) groups excluding carboxylic acids is 1. The first-order valence-corrected chi connectivity index (χ1v) is 5.24. The summed E-state index contributed by atoms with van der Waals surface area (Å²) in [6.45, 7) is 0. The Labute approximate surface area is 82.9 Å². The second-order valence-electron chi connectivity index (χ2n) is 4.13. The molecule has 2 fully saturated rings. The van der Waals surface area contributed by atoms with Gasteiger partial charge in [-0.25, -0.2) is 4.79 Å². The molecule has 2 heterocycles. The van der Waals surface area contributed by atoms with Crippen LogP contribution in [0.5, 0.6) is 0 Å². The highest BCUT2D eigenvalue weighted by molar-refractivity contribution is 5.84. The molecule has 0 unspecified atom stereocenters. The van der Waals surface area contributed by atoms with Crippen molar-refractivity contribution < 1.29 is 14.7 Å². The minimum atomic E-state index is -0.843. The van der Waals surface area contributed by atoms with E-state index in [4.69, 9.17) is 5.11 Å². The smallest absolute Gasteiger partial charge is 0.326 e. The van der Waals surface area contributed by atoms with Gasteiger partial charge in [0.25, 0.3) is 0 Å². The largest absolute Gasteiger partial charge is 0.480 e. The van der Waals surface area contributed by atoms with Crippen molar-refractivity contribution in [3.05, 3.63) is 0 Å². The van der Waals surface area contributed by atoms with Gasteiger partial charge in [0, 0.05) is 12.5 Å². The maximum Gasteiger partial charge on any atom is 0.326 e. The van der Waals surface area contributed by atoms with Crippen molar-refractivity contribution in [3.63, 3.8) is 0 Å². The third-order valence-corrected chi connectivity index (χ3v) is 3.25. The number of fused-ring (bicyclic) bond motifs is 1. The molecule has 0 aliphatic carbocycles. The van der Waals surface area contributed by atoms with Gasteiger partial charge in [-0.1, -0.05) is 0 Å². The Morgan fingerprint density at radius 1 is 1.29 bits per heavy atom. The van der Waals surface area contributed by atoms with E-state index in [2.05, 4.69) is 0 Å². The SMILES string of the molecule is O=C(O)[C@H]1CCC[C@@H]2CCCC(=O)N21. The van der Waals surface area contributed by atoms with Crippen LogP contribution in [0.15, 0.2) is 0 Å². The van der Waals surface area contributed by atoms with Crippen LogP contribution >= 0.6 is 0 Å². The lowest BCUT2D eigenvalue weighted by Crippen LogP contribution is -2.55. The summed E-state index contributed by atoms with van der Waals surface area (Å²) in [6.07, 6.45) is 4.97. The quantitative estimate of drug-likeness (QED) is 0.682. The molecule has 1 N–H and O–H groups in total. The van der Waals surface area contributed by atoms with E-state index in [1.807, 2.05) is 0 Å². The molecule has 2 aliphatic rings. The van der Waals surface area contributed by atoms with Crippen molar-refractivity contribution in [2.45, 2.75) is 50.6 Å². The van der Waals surface area contributed by atoms with E-state index in [1.54, 1.807) is 4.90 Å². The molecule has 2 atom stereocenters. The Morgan fingerprint density at radius 3 is 2.71 bits per heavy atom. The van der Waals surface area contributed by atoms with Crippen molar-refractivity contribution in [2.24, 2.45) is 0 Å². The van der Waals surface area contributed by atoms with Gasteiger partial charge in [-0.3, -0.25) is 4.79 Å². The van der Waals surface area contributed by atoms with E-state index in [-0.39, 0.29) is 11.9 Å². The number of carboxylic acid groups (broad SMARTS) is 1. The molecular weight excluding hydrogens is 182 g/mol. The third-order valence-electron chi connectivity index (χ3n) is 3.25. The molecule has 2 rings (SSSR count). The fourth-order valence-corrected chi connectivity index (χ4v) is 2.60. The van der Waals surface area contributed by atoms with E-state index in [9.17, 15) is 9.59 Å². The first kappa shape index (κ1) is 9.49. The molecule has 0 aromatic carbocycles. The molecule has 1 amide bonds. The standard InChI is InChI=1S/C10H15NO3/c12-9-6-2-4-7-3-1-5-8(10(13)14)11(7)9/h7-8H,1-6H2,(H,13,14)/t7-,8-/m1/s1. The Kier molecular flexibility index (Phi) is 2.44. The monoisotopic (exact) mass is 197 g/mol. The Morgan fingerprint density at radius 2 is 2.00 bits per heavy atom. The molecule has 4 nitrogen and oxygen atoms in total. The third kappa shape index (κ3) is 1.49. The molecule has 4 heteroatoms. The summed E-state index contributed by atoms with van der Waals surface area (Å²) in [5.74, 6) is -0.807. The Bertz CT molecular complexity index is 262. The molecule has 0 aromatic heterocycles. The average Bonchev–Trinajstić information content (AvgIpc) is 2.17. The average molecular weight is 197 g/mol. The van der Waals surface area contributed by atoms with Crippen LogP contribution in [0.1, 0.15) is 38.5 Å². The Hall–Kier alpha value is -1.06. The van der Waals surface area contributed by atoms with E-state index >= 15 is 0 Å². The number of carbonyl (C=O) groups is 2. The van der Waals surface area contributed by atoms with E-state index < -0.39 is 12.0 Å². The van der Waals surface area contributed by atoms with Crippen molar-refractivity contribution in [1.82, 2.24) is 4.90 Å². The zero-order valence-corrected chi connectivity index (χ0v) is 8.11. The van der Waals surface area contributed by atoms with Gasteiger partial charge < -0.3 is 10.0 Å². The predicted molar refractivity (Wildman–Crippen MR) is 49.8 cm³/mol. The highest BCUT2D eigenvalue weighted by Crippen LogP contribution is 2.30. The number of hydrogen-bond acceptors (Lipinski definition) is 2. The number of rotatable bonds is 1. The van der Waals surface area contributed by atoms with Gasteiger partial charge in [0.2, 0.25) is 5.91 Å². The topological polar surface area (TPSA) is 57.6 Å². The summed E-state index contributed by atoms with van der Waals surface area (Å²) in [6, 6.07) is -0.354. The summed E-state index contributed by atoms with van der Waals surface area (Å²) in [5, 5.41) is 9.00. The summed E-state index contributed by atoms with van der Waals surface area (Å²) in [5.41, 5.74) is 0. The fraction of sp³-hybridized carbons (Fsp3) is 0.800. The van der Waals surface area contributed by atoms with Crippen molar-refractivity contribution in [3.8, 4) is 0 Å². The minimum absolute atomic E-state index is 0.0355.